The number of hydrogen-bond acceptors (Lipinski definition) is 8. The van der Waals surface area contributed by atoms with Gasteiger partial charge in [0.15, 0.2) is 11.6 Å². The van der Waals surface area contributed by atoms with Crippen molar-refractivity contribution in [2.45, 2.75) is 13.5 Å². The molecule has 0 radical (unpaired) electrons. The number of furan rings is 1. The molecule has 152 valence electrons. The van der Waals surface area contributed by atoms with E-state index in [9.17, 15) is 4.79 Å². The summed E-state index contributed by atoms with van der Waals surface area (Å²) in [6.45, 7) is 5.65. The van der Waals surface area contributed by atoms with Crippen molar-refractivity contribution in [3.05, 3.63) is 47.7 Å². The molecule has 1 fully saturated rings. The van der Waals surface area contributed by atoms with Gasteiger partial charge in [0.1, 0.15) is 11.5 Å². The number of carbonyl (C=O) groups is 1. The van der Waals surface area contributed by atoms with Gasteiger partial charge in [-0.1, -0.05) is 12.1 Å². The second kappa shape index (κ2) is 8.73. The van der Waals surface area contributed by atoms with Crippen LogP contribution in [0.2, 0.25) is 0 Å². The highest BCUT2D eigenvalue weighted by Gasteiger charge is 2.19. The van der Waals surface area contributed by atoms with Crippen LogP contribution in [0.5, 0.6) is 5.75 Å². The number of rotatable bonds is 6. The van der Waals surface area contributed by atoms with Crippen molar-refractivity contribution in [1.82, 2.24) is 14.3 Å². The summed E-state index contributed by atoms with van der Waals surface area (Å²) in [7, 11) is 1.62. The average molecular weight is 414 g/mol. The number of carbonyl (C=O) groups excluding carboxylic acids is 1. The van der Waals surface area contributed by atoms with Crippen LogP contribution in [0.15, 0.2) is 34.7 Å². The summed E-state index contributed by atoms with van der Waals surface area (Å²) in [6.07, 6.45) is 0. The molecule has 1 aliphatic rings. The number of benzene rings is 1. The number of aryl methyl sites for hydroxylation is 1. The van der Waals surface area contributed by atoms with Gasteiger partial charge in [-0.2, -0.15) is 4.37 Å². The number of amides is 1. The molecule has 8 nitrogen and oxygen atoms in total. The number of nitrogens with zero attached hydrogens (tertiary/aromatic N) is 3. The number of ether oxygens (including phenoxy) is 2. The van der Waals surface area contributed by atoms with Gasteiger partial charge in [0, 0.05) is 30.2 Å². The maximum Gasteiger partial charge on any atom is 0.293 e. The lowest BCUT2D eigenvalue weighted by Crippen LogP contribution is -2.35. The van der Waals surface area contributed by atoms with E-state index in [0.717, 1.165) is 54.7 Å². The lowest BCUT2D eigenvalue weighted by molar-refractivity contribution is 0.0332. The second-order valence-corrected chi connectivity index (χ2v) is 7.42. The van der Waals surface area contributed by atoms with Crippen LogP contribution in [-0.2, 0) is 11.3 Å². The quantitative estimate of drug-likeness (QED) is 0.662. The van der Waals surface area contributed by atoms with Gasteiger partial charge in [0.25, 0.3) is 5.91 Å². The van der Waals surface area contributed by atoms with Crippen LogP contribution in [0.3, 0.4) is 0 Å². The van der Waals surface area contributed by atoms with Crippen LogP contribution >= 0.6 is 11.5 Å². The Kier molecular flexibility index (Phi) is 5.89. The summed E-state index contributed by atoms with van der Waals surface area (Å²) >= 11 is 1.16. The molecule has 1 amide bonds. The van der Waals surface area contributed by atoms with Crippen molar-refractivity contribution < 1.29 is 18.7 Å². The zero-order valence-corrected chi connectivity index (χ0v) is 17.1. The Morgan fingerprint density at radius 2 is 2.14 bits per heavy atom. The van der Waals surface area contributed by atoms with Crippen LogP contribution in [0, 0.1) is 6.92 Å². The monoisotopic (exact) mass is 414 g/mol. The molecular formula is C20H22N4O4S. The maximum absolute atomic E-state index is 12.6. The van der Waals surface area contributed by atoms with Gasteiger partial charge < -0.3 is 13.9 Å². The number of morpholine rings is 1. The van der Waals surface area contributed by atoms with E-state index in [1.165, 1.54) is 0 Å². The third kappa shape index (κ3) is 4.64. The highest BCUT2D eigenvalue weighted by molar-refractivity contribution is 7.09. The fourth-order valence-electron chi connectivity index (χ4n) is 3.16. The van der Waals surface area contributed by atoms with E-state index in [4.69, 9.17) is 13.9 Å². The number of hydrogen-bond donors (Lipinski definition) is 1. The van der Waals surface area contributed by atoms with Gasteiger partial charge in [-0.3, -0.25) is 15.0 Å². The molecule has 0 aliphatic carbocycles. The fraction of sp³-hybridized carbons (Fsp3) is 0.350. The van der Waals surface area contributed by atoms with Gasteiger partial charge in [-0.15, -0.1) is 0 Å². The number of methoxy groups -OCH3 is 1. The first-order valence-electron chi connectivity index (χ1n) is 9.31. The van der Waals surface area contributed by atoms with Crippen molar-refractivity contribution >= 4 is 22.6 Å². The van der Waals surface area contributed by atoms with E-state index >= 15 is 0 Å². The average Bonchev–Trinajstić information content (AvgIpc) is 3.35. The standard InChI is InChI=1S/C20H22N4O4S/c1-13-16(14-4-3-5-15(10-14)26-2)11-17(28-13)19(25)22-20-21-18(23-29-20)12-24-6-8-27-9-7-24/h3-5,10-11H,6-9,12H2,1-2H3,(H,21,22,23,25). The summed E-state index contributed by atoms with van der Waals surface area (Å²) in [4.78, 5) is 19.3. The first-order valence-corrected chi connectivity index (χ1v) is 10.1. The van der Waals surface area contributed by atoms with E-state index in [1.807, 2.05) is 31.2 Å². The zero-order chi connectivity index (χ0) is 20.2. The second-order valence-electron chi connectivity index (χ2n) is 6.67. The summed E-state index contributed by atoms with van der Waals surface area (Å²) in [5.74, 6) is 1.98. The molecule has 0 bridgehead atoms. The van der Waals surface area contributed by atoms with Crippen molar-refractivity contribution in [3.8, 4) is 16.9 Å². The maximum atomic E-state index is 12.6. The minimum atomic E-state index is -0.351. The minimum Gasteiger partial charge on any atom is -0.497 e. The normalized spacial score (nSPS) is 14.7. The molecule has 1 saturated heterocycles. The highest BCUT2D eigenvalue weighted by Crippen LogP contribution is 2.29. The van der Waals surface area contributed by atoms with Gasteiger partial charge in [0.05, 0.1) is 26.9 Å². The first kappa shape index (κ1) is 19.6. The third-order valence-electron chi connectivity index (χ3n) is 4.68. The Bertz CT molecular complexity index is 994. The van der Waals surface area contributed by atoms with Gasteiger partial charge in [-0.25, -0.2) is 4.98 Å². The third-order valence-corrected chi connectivity index (χ3v) is 5.35. The van der Waals surface area contributed by atoms with Gasteiger partial charge >= 0.3 is 0 Å². The van der Waals surface area contributed by atoms with Gasteiger partial charge in [0.2, 0.25) is 5.13 Å². The van der Waals surface area contributed by atoms with Crippen LogP contribution in [0.4, 0.5) is 5.13 Å². The van der Waals surface area contributed by atoms with Crippen LogP contribution in [0.1, 0.15) is 22.1 Å². The number of nitrogens with one attached hydrogen (secondary N) is 1. The Morgan fingerprint density at radius 1 is 1.31 bits per heavy atom. The van der Waals surface area contributed by atoms with Crippen molar-refractivity contribution in [2.75, 3.05) is 38.7 Å². The predicted octanol–water partition coefficient (Wildman–Crippen LogP) is 3.20. The molecule has 0 atom stereocenters. The molecular weight excluding hydrogens is 392 g/mol. The van der Waals surface area contributed by atoms with Crippen molar-refractivity contribution in [3.63, 3.8) is 0 Å². The number of anilines is 1. The van der Waals surface area contributed by atoms with Crippen LogP contribution < -0.4 is 10.1 Å². The predicted molar refractivity (Wildman–Crippen MR) is 109 cm³/mol. The fourth-order valence-corrected chi connectivity index (χ4v) is 3.73. The molecule has 1 N–H and O–H groups in total. The largest absolute Gasteiger partial charge is 0.497 e. The smallest absolute Gasteiger partial charge is 0.293 e. The highest BCUT2D eigenvalue weighted by atomic mass is 32.1. The Hall–Kier alpha value is -2.75. The zero-order valence-electron chi connectivity index (χ0n) is 16.3. The summed E-state index contributed by atoms with van der Waals surface area (Å²) in [5, 5.41) is 3.23. The lowest BCUT2D eigenvalue weighted by Gasteiger charge is -2.25. The van der Waals surface area contributed by atoms with Crippen LogP contribution in [-0.4, -0.2) is 53.6 Å². The Labute approximate surface area is 172 Å². The molecule has 0 unspecified atom stereocenters. The summed E-state index contributed by atoms with van der Waals surface area (Å²) < 4.78 is 20.6. The van der Waals surface area contributed by atoms with E-state index in [2.05, 4.69) is 19.6 Å². The van der Waals surface area contributed by atoms with Gasteiger partial charge in [-0.05, 0) is 30.7 Å². The molecule has 0 saturated carbocycles. The molecule has 29 heavy (non-hydrogen) atoms. The topological polar surface area (TPSA) is 89.7 Å². The number of aromatic nitrogens is 2. The van der Waals surface area contributed by atoms with E-state index < -0.39 is 0 Å². The Morgan fingerprint density at radius 3 is 2.93 bits per heavy atom. The molecule has 2 aromatic heterocycles. The van der Waals surface area contributed by atoms with Crippen molar-refractivity contribution in [1.29, 1.82) is 0 Å². The van der Waals surface area contributed by atoms with Crippen molar-refractivity contribution in [2.24, 2.45) is 0 Å². The molecule has 3 heterocycles. The van der Waals surface area contributed by atoms with Crippen LogP contribution in [0.25, 0.3) is 11.1 Å². The summed E-state index contributed by atoms with van der Waals surface area (Å²) in [6, 6.07) is 9.36. The van der Waals surface area contributed by atoms with E-state index in [1.54, 1.807) is 13.2 Å². The van der Waals surface area contributed by atoms with E-state index in [0.29, 0.717) is 23.3 Å². The molecule has 9 heteroatoms. The summed E-state index contributed by atoms with van der Waals surface area (Å²) in [5.41, 5.74) is 1.77. The molecule has 1 aliphatic heterocycles. The molecule has 0 spiro atoms. The lowest BCUT2D eigenvalue weighted by atomic mass is 10.1. The Balaban J connectivity index is 1.44. The SMILES string of the molecule is COc1cccc(-c2cc(C(=O)Nc3nc(CN4CCOCC4)ns3)oc2C)c1. The molecule has 1 aromatic carbocycles. The molecule has 3 aromatic rings. The first-order chi connectivity index (χ1) is 14.1. The minimum absolute atomic E-state index is 0.227. The molecule has 4 rings (SSSR count). The van der Waals surface area contributed by atoms with E-state index in [-0.39, 0.29) is 11.7 Å².